The highest BCUT2D eigenvalue weighted by molar-refractivity contribution is 6.32. The van der Waals surface area contributed by atoms with Crippen molar-refractivity contribution in [3.63, 3.8) is 0 Å². The fraction of sp³-hybridized carbons (Fsp3) is 0.158. The smallest absolute Gasteiger partial charge is 0.323 e. The van der Waals surface area contributed by atoms with Crippen molar-refractivity contribution in [2.75, 3.05) is 6.54 Å². The van der Waals surface area contributed by atoms with E-state index in [1.165, 1.54) is 4.68 Å². The molecule has 0 unspecified atom stereocenters. The third-order valence-corrected chi connectivity index (χ3v) is 4.94. The molecule has 1 aromatic heterocycles. The fourth-order valence-electron chi connectivity index (χ4n) is 3.23. The summed E-state index contributed by atoms with van der Waals surface area (Å²) in [5, 5.41) is 5.32. The van der Waals surface area contributed by atoms with Crippen molar-refractivity contribution < 1.29 is 18.0 Å². The lowest BCUT2D eigenvalue weighted by Gasteiger charge is -2.19. The van der Waals surface area contributed by atoms with Gasteiger partial charge >= 0.3 is 6.18 Å². The maximum Gasteiger partial charge on any atom is 0.406 e. The number of hydrogen-bond donors (Lipinski definition) is 0. The molecule has 0 fully saturated rings. The Labute approximate surface area is 168 Å². The fourth-order valence-corrected chi connectivity index (χ4v) is 3.57. The van der Waals surface area contributed by atoms with E-state index in [4.69, 9.17) is 23.2 Å². The zero-order chi connectivity index (χ0) is 20.1. The van der Waals surface area contributed by atoms with Gasteiger partial charge in [0, 0.05) is 10.6 Å². The normalized spacial score (nSPS) is 13.9. The molecule has 0 saturated heterocycles. The van der Waals surface area contributed by atoms with Crippen LogP contribution in [0.3, 0.4) is 0 Å². The number of benzene rings is 2. The van der Waals surface area contributed by atoms with Crippen LogP contribution in [-0.4, -0.2) is 33.3 Å². The quantitative estimate of drug-likeness (QED) is 0.566. The van der Waals surface area contributed by atoms with Gasteiger partial charge in [-0.3, -0.25) is 4.79 Å². The topological polar surface area (TPSA) is 38.1 Å². The molecule has 2 heterocycles. The second kappa shape index (κ2) is 6.83. The van der Waals surface area contributed by atoms with Gasteiger partial charge in [-0.15, -0.1) is 0 Å². The third-order valence-electron chi connectivity index (χ3n) is 4.37. The largest absolute Gasteiger partial charge is 0.406 e. The van der Waals surface area contributed by atoms with Crippen molar-refractivity contribution in [3.05, 3.63) is 69.8 Å². The molecule has 1 amide bonds. The Morgan fingerprint density at radius 1 is 1.04 bits per heavy atom. The van der Waals surface area contributed by atoms with Crippen molar-refractivity contribution >= 4 is 29.1 Å². The van der Waals surface area contributed by atoms with E-state index < -0.39 is 18.6 Å². The van der Waals surface area contributed by atoms with Crippen molar-refractivity contribution in [1.29, 1.82) is 0 Å². The van der Waals surface area contributed by atoms with E-state index in [9.17, 15) is 18.0 Å². The number of rotatable bonds is 3. The van der Waals surface area contributed by atoms with Crippen LogP contribution in [0.15, 0.2) is 48.5 Å². The molecule has 9 heteroatoms. The van der Waals surface area contributed by atoms with Crippen LogP contribution in [0.4, 0.5) is 13.2 Å². The zero-order valence-electron chi connectivity index (χ0n) is 14.2. The molecule has 0 saturated carbocycles. The van der Waals surface area contributed by atoms with E-state index in [0.717, 1.165) is 4.90 Å². The first-order chi connectivity index (χ1) is 13.2. The summed E-state index contributed by atoms with van der Waals surface area (Å²) >= 11 is 12.2. The van der Waals surface area contributed by atoms with Crippen LogP contribution in [0.5, 0.6) is 0 Å². The minimum atomic E-state index is -4.49. The number of carbonyl (C=O) groups is 1. The van der Waals surface area contributed by atoms with Crippen LogP contribution in [-0.2, 0) is 6.54 Å². The second-order valence-corrected chi connectivity index (χ2v) is 7.16. The van der Waals surface area contributed by atoms with Gasteiger partial charge in [-0.25, -0.2) is 4.68 Å². The lowest BCUT2D eigenvalue weighted by Crippen LogP contribution is -2.34. The molecule has 2 aromatic carbocycles. The van der Waals surface area contributed by atoms with E-state index in [1.807, 2.05) is 0 Å². The number of aromatic nitrogens is 2. The van der Waals surface area contributed by atoms with Gasteiger partial charge in [0.05, 0.1) is 34.2 Å². The van der Waals surface area contributed by atoms with Crippen LogP contribution < -0.4 is 0 Å². The maximum atomic E-state index is 12.8. The molecular formula is C19H12Cl2F3N3O. The van der Waals surface area contributed by atoms with Crippen LogP contribution >= 0.6 is 23.2 Å². The number of carbonyl (C=O) groups excluding carboxylic acids is 1. The number of alkyl halides is 3. The number of amides is 1. The van der Waals surface area contributed by atoms with Crippen molar-refractivity contribution in [2.45, 2.75) is 12.7 Å². The highest BCUT2D eigenvalue weighted by atomic mass is 35.5. The predicted octanol–water partition coefficient (Wildman–Crippen LogP) is 5.36. The zero-order valence-corrected chi connectivity index (χ0v) is 15.7. The second-order valence-electron chi connectivity index (χ2n) is 6.32. The van der Waals surface area contributed by atoms with E-state index in [-0.39, 0.29) is 17.8 Å². The summed E-state index contributed by atoms with van der Waals surface area (Å²) in [6.07, 6.45) is -4.49. The summed E-state index contributed by atoms with van der Waals surface area (Å²) in [4.78, 5) is 13.5. The minimum Gasteiger partial charge on any atom is -0.323 e. The minimum absolute atomic E-state index is 0.145. The highest BCUT2D eigenvalue weighted by Crippen LogP contribution is 2.37. The van der Waals surface area contributed by atoms with Crippen LogP contribution in [0.1, 0.15) is 16.1 Å². The Morgan fingerprint density at radius 2 is 1.71 bits per heavy atom. The average Bonchev–Trinajstić information content (AvgIpc) is 3.12. The summed E-state index contributed by atoms with van der Waals surface area (Å²) in [5.74, 6) is -0.712. The number of halogens is 5. The molecule has 1 aliphatic rings. The van der Waals surface area contributed by atoms with Crippen molar-refractivity contribution in [3.8, 4) is 16.9 Å². The summed E-state index contributed by atoms with van der Waals surface area (Å²) in [6.45, 7) is -1.54. The number of para-hydroxylation sites is 1. The summed E-state index contributed by atoms with van der Waals surface area (Å²) < 4.78 is 40.0. The predicted molar refractivity (Wildman–Crippen MR) is 99.8 cm³/mol. The molecular weight excluding hydrogens is 414 g/mol. The molecule has 0 bridgehead atoms. The lowest BCUT2D eigenvalue weighted by atomic mass is 10.1. The van der Waals surface area contributed by atoms with Gasteiger partial charge in [-0.1, -0.05) is 47.5 Å². The highest BCUT2D eigenvalue weighted by Gasteiger charge is 2.41. The standard InChI is InChI=1S/C19H12Cl2F3N3O/c20-12-7-5-11(6-8-12)17-16-14(9-26(18(16)28)10-19(22,23)24)25-27(17)15-4-2-1-3-13(15)21/h1-8H,9-10H2. The first-order valence-electron chi connectivity index (χ1n) is 8.23. The van der Waals surface area contributed by atoms with Crippen molar-refractivity contribution in [2.24, 2.45) is 0 Å². The van der Waals surface area contributed by atoms with Crippen molar-refractivity contribution in [1.82, 2.24) is 14.7 Å². The first kappa shape index (κ1) is 18.8. The Hall–Kier alpha value is -2.51. The van der Waals surface area contributed by atoms with Gasteiger partial charge in [0.15, 0.2) is 0 Å². The van der Waals surface area contributed by atoms with Gasteiger partial charge in [0.25, 0.3) is 5.91 Å². The Morgan fingerprint density at radius 3 is 2.36 bits per heavy atom. The molecule has 4 nitrogen and oxygen atoms in total. The van der Waals surface area contributed by atoms with E-state index in [2.05, 4.69) is 5.10 Å². The molecule has 144 valence electrons. The third kappa shape index (κ3) is 3.36. The van der Waals surface area contributed by atoms with Gasteiger partial charge in [-0.2, -0.15) is 18.3 Å². The Bertz CT molecular complexity index is 1060. The first-order valence-corrected chi connectivity index (χ1v) is 8.99. The van der Waals surface area contributed by atoms with Gasteiger partial charge in [-0.05, 0) is 24.3 Å². The molecule has 0 N–H and O–H groups in total. The van der Waals surface area contributed by atoms with E-state index in [1.54, 1.807) is 48.5 Å². The molecule has 0 aliphatic carbocycles. The monoisotopic (exact) mass is 425 g/mol. The molecule has 0 atom stereocenters. The van der Waals surface area contributed by atoms with Gasteiger partial charge in [0.2, 0.25) is 0 Å². The van der Waals surface area contributed by atoms with Crippen LogP contribution in [0.25, 0.3) is 16.9 Å². The average molecular weight is 426 g/mol. The van der Waals surface area contributed by atoms with Gasteiger partial charge < -0.3 is 4.90 Å². The summed E-state index contributed by atoms with van der Waals surface area (Å²) in [6, 6.07) is 13.6. The molecule has 0 spiro atoms. The molecule has 1 aliphatic heterocycles. The maximum absolute atomic E-state index is 12.8. The van der Waals surface area contributed by atoms with Gasteiger partial charge in [0.1, 0.15) is 6.54 Å². The van der Waals surface area contributed by atoms with E-state index >= 15 is 0 Å². The molecule has 28 heavy (non-hydrogen) atoms. The molecule has 4 rings (SSSR count). The number of nitrogens with zero attached hydrogens (tertiary/aromatic N) is 3. The summed E-state index contributed by atoms with van der Waals surface area (Å²) in [7, 11) is 0. The van der Waals surface area contributed by atoms with Crippen LogP contribution in [0, 0.1) is 0 Å². The number of hydrogen-bond acceptors (Lipinski definition) is 2. The Balaban J connectivity index is 1.89. The summed E-state index contributed by atoms with van der Waals surface area (Å²) in [5.41, 5.74) is 1.93. The van der Waals surface area contributed by atoms with E-state index in [0.29, 0.717) is 27.0 Å². The lowest BCUT2D eigenvalue weighted by molar-refractivity contribution is -0.141. The molecule has 3 aromatic rings. The number of fused-ring (bicyclic) bond motifs is 1. The molecule has 0 radical (unpaired) electrons. The van der Waals surface area contributed by atoms with Crippen LogP contribution in [0.2, 0.25) is 10.0 Å². The Kier molecular flexibility index (Phi) is 4.59. The SMILES string of the molecule is O=C1c2c(nn(-c3ccccc3Cl)c2-c2ccc(Cl)cc2)CN1CC(F)(F)F.